The van der Waals surface area contributed by atoms with Crippen molar-refractivity contribution in [2.24, 2.45) is 0 Å². The molecule has 3 rings (SSSR count). The Hall–Kier alpha value is -3.08. The van der Waals surface area contributed by atoms with Gasteiger partial charge in [-0.15, -0.1) is 11.3 Å². The van der Waals surface area contributed by atoms with Gasteiger partial charge in [-0.1, -0.05) is 30.3 Å². The Morgan fingerprint density at radius 2 is 1.78 bits per heavy atom. The Morgan fingerprint density at radius 3 is 2.44 bits per heavy atom. The van der Waals surface area contributed by atoms with Crippen LogP contribution in [0.5, 0.6) is 11.5 Å². The fourth-order valence-electron chi connectivity index (χ4n) is 2.29. The first-order valence-corrected chi connectivity index (χ1v) is 10.3. The van der Waals surface area contributed by atoms with Crippen molar-refractivity contribution in [3.05, 3.63) is 81.4 Å². The van der Waals surface area contributed by atoms with Crippen LogP contribution in [0, 0.1) is 18.3 Å². The van der Waals surface area contributed by atoms with Crippen molar-refractivity contribution in [1.82, 2.24) is 0 Å². The standard InChI is InChI=1S/C20H16N2O3S2/c1-15-11-12-17(26-15)13-18(14-21)27(23,24)22-19-9-5-6-10-20(19)25-16-7-3-2-4-8-16/h2-13,22H,1H3/b18-13+. The van der Waals surface area contributed by atoms with Gasteiger partial charge in [0, 0.05) is 9.75 Å². The van der Waals surface area contributed by atoms with Gasteiger partial charge in [0.1, 0.15) is 11.8 Å². The first-order chi connectivity index (χ1) is 13.0. The van der Waals surface area contributed by atoms with E-state index < -0.39 is 10.0 Å². The molecule has 0 aliphatic rings. The highest BCUT2D eigenvalue weighted by Gasteiger charge is 2.20. The van der Waals surface area contributed by atoms with E-state index in [1.807, 2.05) is 31.2 Å². The second-order valence-electron chi connectivity index (χ2n) is 5.59. The van der Waals surface area contributed by atoms with E-state index in [9.17, 15) is 13.7 Å². The molecule has 3 aromatic rings. The van der Waals surface area contributed by atoms with Crippen molar-refractivity contribution in [3.8, 4) is 17.6 Å². The lowest BCUT2D eigenvalue weighted by Gasteiger charge is -2.13. The Balaban J connectivity index is 1.89. The molecular weight excluding hydrogens is 380 g/mol. The van der Waals surface area contributed by atoms with Gasteiger partial charge >= 0.3 is 0 Å². The smallest absolute Gasteiger partial charge is 0.272 e. The Bertz CT molecular complexity index is 1110. The molecule has 0 amide bonds. The van der Waals surface area contributed by atoms with Gasteiger partial charge in [0.25, 0.3) is 10.0 Å². The number of hydrogen-bond donors (Lipinski definition) is 1. The molecule has 0 spiro atoms. The van der Waals surface area contributed by atoms with Crippen molar-refractivity contribution >= 4 is 33.1 Å². The fourth-order valence-corrected chi connectivity index (χ4v) is 4.15. The number of nitrogens with zero attached hydrogens (tertiary/aromatic N) is 1. The summed E-state index contributed by atoms with van der Waals surface area (Å²) >= 11 is 1.41. The molecule has 0 bridgehead atoms. The average molecular weight is 396 g/mol. The van der Waals surface area contributed by atoms with Crippen LogP contribution >= 0.6 is 11.3 Å². The van der Waals surface area contributed by atoms with Crippen LogP contribution in [-0.4, -0.2) is 8.42 Å². The van der Waals surface area contributed by atoms with Crippen LogP contribution < -0.4 is 9.46 Å². The maximum atomic E-state index is 12.7. The summed E-state index contributed by atoms with van der Waals surface area (Å²) in [7, 11) is -4.05. The number of nitrogens with one attached hydrogen (secondary N) is 1. The fraction of sp³-hybridized carbons (Fsp3) is 0.0500. The third kappa shape index (κ3) is 4.76. The molecule has 0 saturated carbocycles. The zero-order valence-electron chi connectivity index (χ0n) is 14.4. The second kappa shape index (κ2) is 8.08. The number of sulfonamides is 1. The predicted molar refractivity (Wildman–Crippen MR) is 108 cm³/mol. The van der Waals surface area contributed by atoms with Crippen LogP contribution in [0.4, 0.5) is 5.69 Å². The van der Waals surface area contributed by atoms with Crippen LogP contribution in [0.1, 0.15) is 9.75 Å². The SMILES string of the molecule is Cc1ccc(/C=C(\C#N)S(=O)(=O)Nc2ccccc2Oc2ccccc2)s1. The highest BCUT2D eigenvalue weighted by Crippen LogP contribution is 2.31. The maximum absolute atomic E-state index is 12.7. The molecule has 1 heterocycles. The molecule has 2 aromatic carbocycles. The van der Waals surface area contributed by atoms with Crippen molar-refractivity contribution in [2.45, 2.75) is 6.92 Å². The summed E-state index contributed by atoms with van der Waals surface area (Å²) in [4.78, 5) is 1.37. The molecule has 0 aliphatic carbocycles. The summed E-state index contributed by atoms with van der Waals surface area (Å²) in [5, 5.41) is 9.35. The highest BCUT2D eigenvalue weighted by molar-refractivity contribution is 7.97. The largest absolute Gasteiger partial charge is 0.455 e. The Morgan fingerprint density at radius 1 is 1.07 bits per heavy atom. The van der Waals surface area contributed by atoms with E-state index in [4.69, 9.17) is 4.74 Å². The molecular formula is C20H16N2O3S2. The van der Waals surface area contributed by atoms with Crippen LogP contribution in [0.2, 0.25) is 0 Å². The van der Waals surface area contributed by atoms with Crippen molar-refractivity contribution < 1.29 is 13.2 Å². The molecule has 7 heteroatoms. The third-order valence-corrected chi connectivity index (χ3v) is 5.76. The van der Waals surface area contributed by atoms with Crippen molar-refractivity contribution in [1.29, 1.82) is 5.26 Å². The number of thiophene rings is 1. The molecule has 0 aliphatic heterocycles. The van der Waals surface area contributed by atoms with Gasteiger partial charge in [-0.3, -0.25) is 4.72 Å². The monoisotopic (exact) mass is 396 g/mol. The van der Waals surface area contributed by atoms with Gasteiger partial charge in [-0.25, -0.2) is 8.42 Å². The maximum Gasteiger partial charge on any atom is 0.272 e. The number of nitriles is 1. The highest BCUT2D eigenvalue weighted by atomic mass is 32.2. The summed E-state index contributed by atoms with van der Waals surface area (Å²) < 4.78 is 33.6. The lowest BCUT2D eigenvalue weighted by molar-refractivity contribution is 0.485. The Kier molecular flexibility index (Phi) is 5.60. The molecule has 0 radical (unpaired) electrons. The number of ether oxygens (including phenoxy) is 1. The average Bonchev–Trinajstić information content (AvgIpc) is 3.07. The van der Waals surface area contributed by atoms with E-state index in [0.29, 0.717) is 16.4 Å². The topological polar surface area (TPSA) is 79.2 Å². The number of anilines is 1. The zero-order chi connectivity index (χ0) is 19.3. The van der Waals surface area contributed by atoms with E-state index in [1.54, 1.807) is 48.5 Å². The summed E-state index contributed by atoms with van der Waals surface area (Å²) in [5.74, 6) is 0.922. The molecule has 1 aromatic heterocycles. The van der Waals surface area contributed by atoms with Crippen molar-refractivity contribution in [2.75, 3.05) is 4.72 Å². The third-order valence-electron chi connectivity index (χ3n) is 3.54. The van der Waals surface area contributed by atoms with Crippen LogP contribution in [-0.2, 0) is 10.0 Å². The van der Waals surface area contributed by atoms with Crippen molar-refractivity contribution in [3.63, 3.8) is 0 Å². The summed E-state index contributed by atoms with van der Waals surface area (Å²) in [6, 6.07) is 21.1. The number of para-hydroxylation sites is 3. The summed E-state index contributed by atoms with van der Waals surface area (Å²) in [6.45, 7) is 1.91. The number of aryl methyl sites for hydroxylation is 1. The lowest BCUT2D eigenvalue weighted by atomic mass is 10.3. The predicted octanol–water partition coefficient (Wildman–Crippen LogP) is 5.16. The quantitative estimate of drug-likeness (QED) is 0.584. The minimum atomic E-state index is -4.05. The zero-order valence-corrected chi connectivity index (χ0v) is 16.0. The van der Waals surface area contributed by atoms with Gasteiger partial charge in [-0.2, -0.15) is 5.26 Å². The molecule has 0 saturated heterocycles. The Labute approximate surface area is 162 Å². The van der Waals surface area contributed by atoms with Gasteiger partial charge in [0.15, 0.2) is 10.7 Å². The van der Waals surface area contributed by atoms with E-state index >= 15 is 0 Å². The van der Waals surface area contributed by atoms with E-state index in [1.165, 1.54) is 17.4 Å². The second-order valence-corrected chi connectivity index (χ2v) is 8.56. The van der Waals surface area contributed by atoms with Gasteiger partial charge < -0.3 is 4.74 Å². The number of hydrogen-bond acceptors (Lipinski definition) is 5. The van der Waals surface area contributed by atoms with E-state index in [2.05, 4.69) is 4.72 Å². The van der Waals surface area contributed by atoms with Crippen LogP contribution in [0.3, 0.4) is 0 Å². The first-order valence-electron chi connectivity index (χ1n) is 8.01. The van der Waals surface area contributed by atoms with E-state index in [-0.39, 0.29) is 10.6 Å². The molecule has 136 valence electrons. The molecule has 27 heavy (non-hydrogen) atoms. The van der Waals surface area contributed by atoms with Gasteiger partial charge in [0.05, 0.1) is 5.69 Å². The summed E-state index contributed by atoms with van der Waals surface area (Å²) in [6.07, 6.45) is 1.36. The summed E-state index contributed by atoms with van der Waals surface area (Å²) in [5.41, 5.74) is 0.255. The lowest BCUT2D eigenvalue weighted by Crippen LogP contribution is -2.14. The van der Waals surface area contributed by atoms with Crippen LogP contribution in [0.15, 0.2) is 71.6 Å². The van der Waals surface area contributed by atoms with E-state index in [0.717, 1.165) is 4.88 Å². The number of allylic oxidation sites excluding steroid dienone is 1. The molecule has 0 atom stereocenters. The molecule has 1 N–H and O–H groups in total. The molecule has 5 nitrogen and oxygen atoms in total. The molecule has 0 unspecified atom stereocenters. The normalized spacial score (nSPS) is 11.6. The van der Waals surface area contributed by atoms with Gasteiger partial charge in [0.2, 0.25) is 0 Å². The number of benzene rings is 2. The first kappa shape index (κ1) is 18.7. The van der Waals surface area contributed by atoms with Crippen LogP contribution in [0.25, 0.3) is 6.08 Å². The van der Waals surface area contributed by atoms with Gasteiger partial charge in [-0.05, 0) is 49.4 Å². The number of rotatable bonds is 6. The minimum absolute atomic E-state index is 0.255. The molecule has 0 fully saturated rings. The minimum Gasteiger partial charge on any atom is -0.455 e.